The van der Waals surface area contributed by atoms with Gasteiger partial charge in [-0.15, -0.1) is 0 Å². The molecule has 3 heterocycles. The van der Waals surface area contributed by atoms with E-state index in [1.807, 2.05) is 22.8 Å². The quantitative estimate of drug-likeness (QED) is 0.646. The van der Waals surface area contributed by atoms with Gasteiger partial charge in [-0.3, -0.25) is 18.9 Å². The number of aromatic nitrogens is 4. The van der Waals surface area contributed by atoms with E-state index in [-0.39, 0.29) is 6.04 Å². The molecule has 0 bridgehead atoms. The Labute approximate surface area is 179 Å². The van der Waals surface area contributed by atoms with Crippen LogP contribution in [0.25, 0.3) is 11.2 Å². The minimum atomic E-state index is -0.490. The Kier molecular flexibility index (Phi) is 5.91. The van der Waals surface area contributed by atoms with Crippen LogP contribution in [0.15, 0.2) is 33.9 Å². The van der Waals surface area contributed by atoms with Crippen molar-refractivity contribution in [2.24, 2.45) is 7.05 Å². The highest BCUT2D eigenvalue weighted by molar-refractivity contribution is 5.75. The number of nitrogens with zero attached hydrogens (tertiary/aromatic N) is 5. The number of hydrogen-bond acceptors (Lipinski definition) is 6. The van der Waals surface area contributed by atoms with E-state index in [1.165, 1.54) is 4.57 Å². The number of anilines is 1. The molecule has 0 amide bonds. The third-order valence-corrected chi connectivity index (χ3v) is 5.87. The Morgan fingerprint density at radius 1 is 1.23 bits per heavy atom. The van der Waals surface area contributed by atoms with E-state index in [4.69, 9.17) is 4.98 Å². The first-order valence-electron chi connectivity index (χ1n) is 10.7. The second kappa shape index (κ2) is 8.78. The molecule has 0 saturated carbocycles. The van der Waals surface area contributed by atoms with Gasteiger partial charge in [-0.2, -0.15) is 10.2 Å². The Bertz CT molecular complexity index is 1240. The molecule has 1 fully saturated rings. The first-order valence-corrected chi connectivity index (χ1v) is 10.7. The minimum Gasteiger partial charge on any atom is -0.341 e. The Morgan fingerprint density at radius 2 is 2.03 bits per heavy atom. The van der Waals surface area contributed by atoms with Crippen LogP contribution in [0.5, 0.6) is 0 Å². The molecule has 2 N–H and O–H groups in total. The van der Waals surface area contributed by atoms with Gasteiger partial charge in [0.15, 0.2) is 11.2 Å². The van der Waals surface area contributed by atoms with Crippen molar-refractivity contribution in [2.45, 2.75) is 32.2 Å². The van der Waals surface area contributed by atoms with Crippen molar-refractivity contribution < 1.29 is 0 Å². The smallest absolute Gasteiger partial charge is 0.329 e. The van der Waals surface area contributed by atoms with Gasteiger partial charge in [0.25, 0.3) is 5.56 Å². The van der Waals surface area contributed by atoms with E-state index in [1.54, 1.807) is 13.1 Å². The molecule has 1 aromatic carbocycles. The number of H-pyrrole nitrogens is 1. The summed E-state index contributed by atoms with van der Waals surface area (Å²) in [6.07, 6.45) is 2.53. The maximum atomic E-state index is 13.0. The van der Waals surface area contributed by atoms with Crippen LogP contribution in [0, 0.1) is 11.3 Å². The number of nitrogens with one attached hydrogen (secondary N) is 2. The van der Waals surface area contributed by atoms with Crippen LogP contribution in [0.2, 0.25) is 0 Å². The molecule has 1 saturated heterocycles. The molecule has 0 spiro atoms. The predicted molar refractivity (Wildman–Crippen MR) is 119 cm³/mol. The standard InChI is InChI=1S/C22H27N7O2/c1-3-7-17(16-9-5-4-8-15(16)14-23)29-18-19(27(2)22(31)26-20(18)30)25-21(29)28-12-6-10-24-11-13-28/h4-5,8-9,17,24H,3,6-7,10-13H2,1-2H3,(H,26,30,31). The fourth-order valence-electron chi connectivity index (χ4n) is 4.34. The van der Waals surface area contributed by atoms with Crippen molar-refractivity contribution in [1.82, 2.24) is 24.4 Å². The molecule has 9 nitrogen and oxygen atoms in total. The molecule has 4 rings (SSSR count). The van der Waals surface area contributed by atoms with Crippen LogP contribution in [0.3, 0.4) is 0 Å². The van der Waals surface area contributed by atoms with E-state index < -0.39 is 11.2 Å². The molecule has 2 aromatic heterocycles. The summed E-state index contributed by atoms with van der Waals surface area (Å²) in [5.74, 6) is 0.664. The number of aryl methyl sites for hydroxylation is 1. The molecular weight excluding hydrogens is 394 g/mol. The number of nitriles is 1. The van der Waals surface area contributed by atoms with Crippen molar-refractivity contribution in [3.63, 3.8) is 0 Å². The zero-order valence-electron chi connectivity index (χ0n) is 17.9. The zero-order valence-corrected chi connectivity index (χ0v) is 17.9. The second-order valence-electron chi connectivity index (χ2n) is 7.87. The molecule has 162 valence electrons. The lowest BCUT2D eigenvalue weighted by Crippen LogP contribution is -2.32. The maximum absolute atomic E-state index is 13.0. The van der Waals surface area contributed by atoms with Gasteiger partial charge in [0.2, 0.25) is 5.95 Å². The number of benzene rings is 1. The average Bonchev–Trinajstić information content (AvgIpc) is 2.97. The fourth-order valence-corrected chi connectivity index (χ4v) is 4.34. The number of imidazole rings is 1. The van der Waals surface area contributed by atoms with Crippen LogP contribution in [-0.4, -0.2) is 45.3 Å². The van der Waals surface area contributed by atoms with Crippen LogP contribution >= 0.6 is 0 Å². The monoisotopic (exact) mass is 421 g/mol. The molecule has 9 heteroatoms. The first-order chi connectivity index (χ1) is 15.1. The Morgan fingerprint density at radius 3 is 2.81 bits per heavy atom. The van der Waals surface area contributed by atoms with Crippen molar-refractivity contribution in [3.8, 4) is 6.07 Å². The molecular formula is C22H27N7O2. The van der Waals surface area contributed by atoms with Gasteiger partial charge in [-0.1, -0.05) is 31.5 Å². The average molecular weight is 422 g/mol. The topological polar surface area (TPSA) is 112 Å². The molecule has 0 radical (unpaired) electrons. The van der Waals surface area contributed by atoms with Gasteiger partial charge in [0.1, 0.15) is 0 Å². The third-order valence-electron chi connectivity index (χ3n) is 5.87. The number of fused-ring (bicyclic) bond motifs is 1. The van der Waals surface area contributed by atoms with E-state index >= 15 is 0 Å². The summed E-state index contributed by atoms with van der Waals surface area (Å²) in [6, 6.07) is 9.53. The summed E-state index contributed by atoms with van der Waals surface area (Å²) >= 11 is 0. The summed E-state index contributed by atoms with van der Waals surface area (Å²) in [7, 11) is 1.61. The maximum Gasteiger partial charge on any atom is 0.329 e. The lowest BCUT2D eigenvalue weighted by atomic mass is 9.97. The number of hydrogen-bond donors (Lipinski definition) is 2. The molecule has 0 aliphatic carbocycles. The van der Waals surface area contributed by atoms with Crippen molar-refractivity contribution >= 4 is 17.1 Å². The lowest BCUT2D eigenvalue weighted by Gasteiger charge is -2.27. The fraction of sp³-hybridized carbons (Fsp3) is 0.455. The van der Waals surface area contributed by atoms with Gasteiger partial charge in [-0.25, -0.2) is 4.79 Å². The third kappa shape index (κ3) is 3.75. The van der Waals surface area contributed by atoms with Crippen LogP contribution < -0.4 is 21.5 Å². The van der Waals surface area contributed by atoms with E-state index in [0.29, 0.717) is 22.7 Å². The van der Waals surface area contributed by atoms with Gasteiger partial charge >= 0.3 is 5.69 Å². The van der Waals surface area contributed by atoms with E-state index in [0.717, 1.165) is 51.0 Å². The zero-order chi connectivity index (χ0) is 22.0. The molecule has 31 heavy (non-hydrogen) atoms. The predicted octanol–water partition coefficient (Wildman–Crippen LogP) is 1.48. The van der Waals surface area contributed by atoms with Crippen LogP contribution in [0.4, 0.5) is 5.95 Å². The van der Waals surface area contributed by atoms with Crippen molar-refractivity contribution in [3.05, 3.63) is 56.2 Å². The second-order valence-corrected chi connectivity index (χ2v) is 7.87. The van der Waals surface area contributed by atoms with E-state index in [2.05, 4.69) is 28.2 Å². The van der Waals surface area contributed by atoms with Crippen molar-refractivity contribution in [1.29, 1.82) is 5.26 Å². The molecule has 1 aliphatic heterocycles. The summed E-state index contributed by atoms with van der Waals surface area (Å²) < 4.78 is 3.32. The minimum absolute atomic E-state index is 0.254. The largest absolute Gasteiger partial charge is 0.341 e. The lowest BCUT2D eigenvalue weighted by molar-refractivity contribution is 0.536. The summed E-state index contributed by atoms with van der Waals surface area (Å²) in [6.45, 7) is 5.35. The highest BCUT2D eigenvalue weighted by Gasteiger charge is 2.28. The molecule has 1 unspecified atom stereocenters. The van der Waals surface area contributed by atoms with Gasteiger partial charge in [0.05, 0.1) is 17.7 Å². The summed E-state index contributed by atoms with van der Waals surface area (Å²) in [5, 5.41) is 13.1. The molecule has 3 aromatic rings. The first kappa shape index (κ1) is 20.9. The summed E-state index contributed by atoms with van der Waals surface area (Å²) in [4.78, 5) is 34.7. The number of rotatable bonds is 5. The highest BCUT2D eigenvalue weighted by atomic mass is 16.2. The molecule has 1 aliphatic rings. The Balaban J connectivity index is 2.05. The Hall–Kier alpha value is -3.38. The van der Waals surface area contributed by atoms with Crippen LogP contribution in [0.1, 0.15) is 43.4 Å². The van der Waals surface area contributed by atoms with Gasteiger partial charge < -0.3 is 10.2 Å². The van der Waals surface area contributed by atoms with Gasteiger partial charge in [-0.05, 0) is 31.0 Å². The molecule has 1 atom stereocenters. The SMILES string of the molecule is CCCC(c1ccccc1C#N)n1c(N2CCCNCC2)nc2c1c(=O)[nH]c(=O)n2C. The van der Waals surface area contributed by atoms with Crippen LogP contribution in [-0.2, 0) is 7.05 Å². The van der Waals surface area contributed by atoms with E-state index in [9.17, 15) is 14.9 Å². The highest BCUT2D eigenvalue weighted by Crippen LogP contribution is 2.33. The number of aromatic amines is 1. The van der Waals surface area contributed by atoms with Crippen molar-refractivity contribution in [2.75, 3.05) is 31.1 Å². The van der Waals surface area contributed by atoms with Gasteiger partial charge in [0, 0.05) is 26.7 Å². The summed E-state index contributed by atoms with van der Waals surface area (Å²) in [5.41, 5.74) is 1.20. The normalized spacial score (nSPS) is 15.6.